The van der Waals surface area contributed by atoms with Crippen molar-refractivity contribution in [1.29, 1.82) is 0 Å². The molecule has 0 radical (unpaired) electrons. The van der Waals surface area contributed by atoms with Crippen molar-refractivity contribution < 1.29 is 42.2 Å². The number of halogens is 2. The summed E-state index contributed by atoms with van der Waals surface area (Å²) in [6.07, 6.45) is 1.83. The van der Waals surface area contributed by atoms with E-state index in [9.17, 15) is 32.8 Å². The molecule has 2 unspecified atom stereocenters. The minimum Gasteiger partial charge on any atom is -0.395 e. The van der Waals surface area contributed by atoms with Crippen LogP contribution in [0.4, 0.5) is 8.78 Å². The number of amides is 4. The summed E-state index contributed by atoms with van der Waals surface area (Å²) in [4.78, 5) is 63.1. The van der Waals surface area contributed by atoms with Crippen LogP contribution in [0.1, 0.15) is 61.7 Å². The lowest BCUT2D eigenvalue weighted by Gasteiger charge is -2.27. The number of alkyl halides is 2. The first-order chi connectivity index (χ1) is 18.1. The molecule has 0 bridgehead atoms. The highest BCUT2D eigenvalue weighted by molar-refractivity contribution is 6.38. The largest absolute Gasteiger partial charge is 0.586 e. The summed E-state index contributed by atoms with van der Waals surface area (Å²) >= 11 is 0. The zero-order valence-corrected chi connectivity index (χ0v) is 20.6. The molecule has 2 fully saturated rings. The summed E-state index contributed by atoms with van der Waals surface area (Å²) in [5, 5.41) is 10.3. The van der Waals surface area contributed by atoms with Crippen LogP contribution in [0, 0.1) is 5.92 Å². The van der Waals surface area contributed by atoms with Crippen LogP contribution in [0.2, 0.25) is 0 Å². The Balaban J connectivity index is 1.36. The number of piperidine rings is 1. The minimum absolute atomic E-state index is 0.0567. The summed E-state index contributed by atoms with van der Waals surface area (Å²) < 4.78 is 35.0. The Bertz CT molecular complexity index is 1110. The maximum Gasteiger partial charge on any atom is 0.586 e. The summed E-state index contributed by atoms with van der Waals surface area (Å²) in [5.41, 5.74) is -0.0591. The van der Waals surface area contributed by atoms with Crippen LogP contribution in [0.5, 0.6) is 11.5 Å². The first-order valence-electron chi connectivity index (χ1n) is 12.7. The number of carbonyl (C=O) groups is 5. The minimum atomic E-state index is -3.84. The van der Waals surface area contributed by atoms with Crippen molar-refractivity contribution in [2.45, 2.75) is 69.7 Å². The van der Waals surface area contributed by atoms with Gasteiger partial charge < -0.3 is 30.7 Å². The van der Waals surface area contributed by atoms with Crippen LogP contribution in [-0.4, -0.2) is 60.9 Å². The Morgan fingerprint density at radius 3 is 2.50 bits per heavy atom. The van der Waals surface area contributed by atoms with Crippen LogP contribution in [0.15, 0.2) is 18.2 Å². The third-order valence-electron chi connectivity index (χ3n) is 6.81. The first kappa shape index (κ1) is 27.3. The van der Waals surface area contributed by atoms with Crippen molar-refractivity contribution in [2.75, 3.05) is 13.1 Å². The van der Waals surface area contributed by atoms with Gasteiger partial charge >= 0.3 is 6.29 Å². The second-order valence-electron chi connectivity index (χ2n) is 9.67. The monoisotopic (exact) mass is 536 g/mol. The van der Waals surface area contributed by atoms with Gasteiger partial charge in [0.2, 0.25) is 17.6 Å². The topological polar surface area (TPSA) is 152 Å². The van der Waals surface area contributed by atoms with E-state index in [1.54, 1.807) is 0 Å². The molecule has 3 aliphatic rings. The molecule has 0 aromatic heterocycles. The molecule has 206 valence electrons. The summed E-state index contributed by atoms with van der Waals surface area (Å²) in [5.74, 6) is -4.56. The van der Waals surface area contributed by atoms with Gasteiger partial charge in [0.15, 0.2) is 11.5 Å². The third-order valence-corrected chi connectivity index (χ3v) is 6.81. The third kappa shape index (κ3) is 6.95. The fourth-order valence-electron chi connectivity index (χ4n) is 4.84. The number of carbonyl (C=O) groups excluding carboxylic acids is 5. The fraction of sp³-hybridized carbons (Fsp3) is 0.560. The second kappa shape index (κ2) is 11.7. The first-order valence-corrected chi connectivity index (χ1v) is 12.7. The average Bonchev–Trinajstić information content (AvgIpc) is 3.21. The smallest absolute Gasteiger partial charge is 0.395 e. The average molecular weight is 537 g/mol. The van der Waals surface area contributed by atoms with E-state index in [0.717, 1.165) is 44.2 Å². The molecule has 13 heteroatoms. The predicted octanol–water partition coefficient (Wildman–Crippen LogP) is 1.16. The number of ether oxygens (including phenoxy) is 2. The van der Waals surface area contributed by atoms with Gasteiger partial charge in [-0.15, -0.1) is 8.78 Å². The van der Waals surface area contributed by atoms with E-state index < -0.39 is 48.3 Å². The lowest BCUT2D eigenvalue weighted by molar-refractivity contribution is -0.286. The zero-order valence-electron chi connectivity index (χ0n) is 20.6. The zero-order chi connectivity index (χ0) is 27.3. The molecule has 4 N–H and O–H groups in total. The molecule has 4 amide bonds. The molecule has 1 aromatic rings. The van der Waals surface area contributed by atoms with E-state index in [1.807, 2.05) is 0 Å². The molecular weight excluding hydrogens is 506 g/mol. The van der Waals surface area contributed by atoms with Crippen LogP contribution in [-0.2, 0) is 19.2 Å². The Labute approximate surface area is 217 Å². The van der Waals surface area contributed by atoms with Crippen LogP contribution in [0.3, 0.4) is 0 Å². The maximum absolute atomic E-state index is 13.2. The van der Waals surface area contributed by atoms with E-state index in [2.05, 4.69) is 30.7 Å². The summed E-state index contributed by atoms with van der Waals surface area (Å²) in [6.45, 7) is -0.0413. The molecule has 2 heterocycles. The van der Waals surface area contributed by atoms with Gasteiger partial charge in [0.1, 0.15) is 0 Å². The van der Waals surface area contributed by atoms with Gasteiger partial charge in [0, 0.05) is 24.1 Å². The molecule has 1 aromatic carbocycles. The number of benzene rings is 1. The SMILES string of the molecule is O=C(CNC(=O)c1ccc2c(c1)OC(F)(F)O2)NC(CC1CCCNC1=O)C(=O)C(=O)NC1CCCCC1. The van der Waals surface area contributed by atoms with Crippen molar-refractivity contribution in [2.24, 2.45) is 5.92 Å². The molecule has 0 spiro atoms. The number of hydrogen-bond donors (Lipinski definition) is 4. The molecule has 1 aliphatic carbocycles. The van der Waals surface area contributed by atoms with Crippen molar-refractivity contribution in [1.82, 2.24) is 21.3 Å². The Kier molecular flexibility index (Phi) is 8.42. The normalized spacial score (nSPS) is 21.1. The number of hydrogen-bond acceptors (Lipinski definition) is 7. The molecule has 1 saturated carbocycles. The molecular formula is C25H30F2N4O7. The van der Waals surface area contributed by atoms with Crippen LogP contribution < -0.4 is 30.7 Å². The van der Waals surface area contributed by atoms with E-state index >= 15 is 0 Å². The Morgan fingerprint density at radius 2 is 1.76 bits per heavy atom. The number of rotatable bonds is 9. The van der Waals surface area contributed by atoms with Crippen LogP contribution >= 0.6 is 0 Å². The summed E-state index contributed by atoms with van der Waals surface area (Å²) in [7, 11) is 0. The highest BCUT2D eigenvalue weighted by Gasteiger charge is 2.43. The predicted molar refractivity (Wildman–Crippen MR) is 127 cm³/mol. The van der Waals surface area contributed by atoms with Gasteiger partial charge in [-0.05, 0) is 50.3 Å². The number of fused-ring (bicyclic) bond motifs is 1. The lowest BCUT2D eigenvalue weighted by atomic mass is 9.89. The standard InChI is InChI=1S/C25H30F2N4O7/c26-25(27)37-18-9-8-15(12-19(18)38-25)23(35)29-13-20(32)31-17(11-14-5-4-10-28-22(14)34)21(33)24(36)30-16-6-2-1-3-7-16/h8-9,12,14,16-17H,1-7,10-11,13H2,(H,28,34)(H,29,35)(H,30,36)(H,31,32). The summed E-state index contributed by atoms with van der Waals surface area (Å²) in [6, 6.07) is 2.04. The number of Topliss-reactive ketones (excluding diaryl/α,β-unsaturated/α-hetero) is 1. The van der Waals surface area contributed by atoms with E-state index in [-0.39, 0.29) is 35.4 Å². The van der Waals surface area contributed by atoms with Crippen molar-refractivity contribution >= 4 is 29.4 Å². The van der Waals surface area contributed by atoms with Crippen molar-refractivity contribution in [3.63, 3.8) is 0 Å². The van der Waals surface area contributed by atoms with Gasteiger partial charge in [-0.1, -0.05) is 19.3 Å². The number of ketones is 1. The second-order valence-corrected chi connectivity index (χ2v) is 9.67. The van der Waals surface area contributed by atoms with E-state index in [4.69, 9.17) is 0 Å². The highest BCUT2D eigenvalue weighted by atomic mass is 19.3. The van der Waals surface area contributed by atoms with Gasteiger partial charge in [-0.2, -0.15) is 0 Å². The molecule has 2 atom stereocenters. The van der Waals surface area contributed by atoms with E-state index in [0.29, 0.717) is 19.4 Å². The molecule has 2 aliphatic heterocycles. The maximum atomic E-state index is 13.2. The molecule has 4 rings (SSSR count). The molecule has 11 nitrogen and oxygen atoms in total. The van der Waals surface area contributed by atoms with Gasteiger partial charge in [0.25, 0.3) is 11.8 Å². The van der Waals surface area contributed by atoms with Crippen LogP contribution in [0.25, 0.3) is 0 Å². The molecule has 38 heavy (non-hydrogen) atoms. The fourth-order valence-corrected chi connectivity index (χ4v) is 4.84. The van der Waals surface area contributed by atoms with Gasteiger partial charge in [0.05, 0.1) is 12.6 Å². The lowest BCUT2D eigenvalue weighted by Crippen LogP contribution is -2.53. The Morgan fingerprint density at radius 1 is 1.03 bits per heavy atom. The number of nitrogens with one attached hydrogen (secondary N) is 4. The quantitative estimate of drug-likeness (QED) is 0.346. The van der Waals surface area contributed by atoms with Gasteiger partial charge in [-0.25, -0.2) is 0 Å². The van der Waals surface area contributed by atoms with Gasteiger partial charge in [-0.3, -0.25) is 24.0 Å². The van der Waals surface area contributed by atoms with Crippen molar-refractivity contribution in [3.8, 4) is 11.5 Å². The van der Waals surface area contributed by atoms with E-state index in [1.165, 1.54) is 6.07 Å². The molecule has 1 saturated heterocycles. The highest BCUT2D eigenvalue weighted by Crippen LogP contribution is 2.41. The van der Waals surface area contributed by atoms with Crippen molar-refractivity contribution in [3.05, 3.63) is 23.8 Å². The Hall–Kier alpha value is -3.77.